The fourth-order valence-corrected chi connectivity index (χ4v) is 1.88. The van der Waals surface area contributed by atoms with Gasteiger partial charge in [0.15, 0.2) is 0 Å². The highest BCUT2D eigenvalue weighted by molar-refractivity contribution is 5.07. The summed E-state index contributed by atoms with van der Waals surface area (Å²) in [7, 11) is 0. The minimum absolute atomic E-state index is 0.0433. The molecule has 1 heterocycles. The third-order valence-electron chi connectivity index (χ3n) is 3.43. The first-order valence-corrected chi connectivity index (χ1v) is 5.82. The maximum absolute atomic E-state index is 9.47. The van der Waals surface area contributed by atoms with E-state index in [-0.39, 0.29) is 12.0 Å². The zero-order valence-electron chi connectivity index (χ0n) is 10.0. The van der Waals surface area contributed by atoms with Crippen LogP contribution in [0.15, 0.2) is 12.4 Å². The molecule has 0 unspecified atom stereocenters. The van der Waals surface area contributed by atoms with E-state index in [1.807, 2.05) is 10.9 Å². The van der Waals surface area contributed by atoms with Crippen molar-refractivity contribution in [2.75, 3.05) is 6.61 Å². The number of aliphatic hydroxyl groups excluding tert-OH is 1. The van der Waals surface area contributed by atoms with E-state index in [1.54, 1.807) is 0 Å². The van der Waals surface area contributed by atoms with E-state index in [4.69, 9.17) is 0 Å². The monoisotopic (exact) mass is 210 g/mol. The van der Waals surface area contributed by atoms with E-state index in [1.165, 1.54) is 5.56 Å². The van der Waals surface area contributed by atoms with Crippen LogP contribution in [0.4, 0.5) is 0 Å². The lowest BCUT2D eigenvalue weighted by molar-refractivity contribution is 0.115. The zero-order chi connectivity index (χ0) is 11.3. The summed E-state index contributed by atoms with van der Waals surface area (Å²) in [6.45, 7) is 7.53. The molecule has 86 valence electrons. The Balaban J connectivity index is 2.73. The topological polar surface area (TPSA) is 38.0 Å². The Kier molecular flexibility index (Phi) is 4.33. The summed E-state index contributed by atoms with van der Waals surface area (Å²) < 4.78 is 1.93. The van der Waals surface area contributed by atoms with E-state index in [2.05, 4.69) is 32.1 Å². The standard InChI is InChI=1S/C12H22N2O/c1-4-12(5-2,10-15)7-11-8-13-14(6-3)9-11/h8-9,15H,4-7,10H2,1-3H3. The number of aliphatic hydroxyl groups is 1. The predicted molar refractivity (Wildman–Crippen MR) is 61.7 cm³/mol. The highest BCUT2D eigenvalue weighted by atomic mass is 16.3. The zero-order valence-corrected chi connectivity index (χ0v) is 10.0. The molecule has 0 saturated carbocycles. The van der Waals surface area contributed by atoms with Gasteiger partial charge in [0.25, 0.3) is 0 Å². The van der Waals surface area contributed by atoms with Gasteiger partial charge >= 0.3 is 0 Å². The molecule has 1 N–H and O–H groups in total. The summed E-state index contributed by atoms with van der Waals surface area (Å²) in [6, 6.07) is 0. The van der Waals surface area contributed by atoms with E-state index in [0.29, 0.717) is 0 Å². The molecule has 0 aromatic carbocycles. The molecule has 0 atom stereocenters. The average molecular weight is 210 g/mol. The fourth-order valence-electron chi connectivity index (χ4n) is 1.88. The van der Waals surface area contributed by atoms with Crippen molar-refractivity contribution in [3.8, 4) is 0 Å². The number of aromatic nitrogens is 2. The normalized spacial score (nSPS) is 12.0. The second-order valence-corrected chi connectivity index (χ2v) is 4.25. The molecule has 0 fully saturated rings. The number of aryl methyl sites for hydroxylation is 1. The lowest BCUT2D eigenvalue weighted by Gasteiger charge is -2.28. The number of hydrogen-bond donors (Lipinski definition) is 1. The molecule has 1 aromatic rings. The predicted octanol–water partition coefficient (Wildman–Crippen LogP) is 2.24. The van der Waals surface area contributed by atoms with Crippen LogP contribution in [0.25, 0.3) is 0 Å². The van der Waals surface area contributed by atoms with Gasteiger partial charge in [0.05, 0.1) is 6.20 Å². The lowest BCUT2D eigenvalue weighted by atomic mass is 9.78. The van der Waals surface area contributed by atoms with Crippen LogP contribution in [0.3, 0.4) is 0 Å². The van der Waals surface area contributed by atoms with Gasteiger partial charge in [-0.15, -0.1) is 0 Å². The molecule has 1 rings (SSSR count). The van der Waals surface area contributed by atoms with Crippen molar-refractivity contribution < 1.29 is 5.11 Å². The SMILES string of the molecule is CCn1cc(CC(CC)(CC)CO)cn1. The number of hydrogen-bond acceptors (Lipinski definition) is 2. The van der Waals surface area contributed by atoms with Crippen LogP contribution in [0.2, 0.25) is 0 Å². The van der Waals surface area contributed by atoms with Crippen molar-refractivity contribution >= 4 is 0 Å². The number of rotatable bonds is 6. The Morgan fingerprint density at radius 1 is 1.33 bits per heavy atom. The molecule has 1 aromatic heterocycles. The minimum atomic E-state index is 0.0433. The fraction of sp³-hybridized carbons (Fsp3) is 0.750. The van der Waals surface area contributed by atoms with Crippen molar-refractivity contribution in [1.29, 1.82) is 0 Å². The Labute approximate surface area is 92.1 Å². The molecule has 0 bridgehead atoms. The van der Waals surface area contributed by atoms with Gasteiger partial charge in [-0.25, -0.2) is 0 Å². The quantitative estimate of drug-likeness (QED) is 0.782. The van der Waals surface area contributed by atoms with E-state index in [0.717, 1.165) is 25.8 Å². The van der Waals surface area contributed by atoms with E-state index >= 15 is 0 Å². The summed E-state index contributed by atoms with van der Waals surface area (Å²) in [4.78, 5) is 0. The molecule has 0 radical (unpaired) electrons. The Morgan fingerprint density at radius 2 is 2.00 bits per heavy atom. The van der Waals surface area contributed by atoms with Gasteiger partial charge in [-0.2, -0.15) is 5.10 Å². The molecule has 3 nitrogen and oxygen atoms in total. The molecular formula is C12H22N2O. The summed E-state index contributed by atoms with van der Waals surface area (Å²) in [6.07, 6.45) is 6.94. The first-order valence-electron chi connectivity index (χ1n) is 5.82. The van der Waals surface area contributed by atoms with Gasteiger partial charge in [-0.05, 0) is 37.2 Å². The van der Waals surface area contributed by atoms with Gasteiger partial charge in [0, 0.05) is 19.3 Å². The summed E-state index contributed by atoms with van der Waals surface area (Å²) in [5, 5.41) is 13.7. The largest absolute Gasteiger partial charge is 0.396 e. The minimum Gasteiger partial charge on any atom is -0.396 e. The maximum atomic E-state index is 9.47. The maximum Gasteiger partial charge on any atom is 0.0521 e. The van der Waals surface area contributed by atoms with Crippen LogP contribution in [0.5, 0.6) is 0 Å². The summed E-state index contributed by atoms with van der Waals surface area (Å²) in [5.41, 5.74) is 1.27. The second kappa shape index (κ2) is 5.31. The molecule has 0 aliphatic heterocycles. The molecule has 0 amide bonds. The third-order valence-corrected chi connectivity index (χ3v) is 3.43. The highest BCUT2D eigenvalue weighted by Crippen LogP contribution is 2.30. The van der Waals surface area contributed by atoms with Gasteiger partial charge in [0.2, 0.25) is 0 Å². The van der Waals surface area contributed by atoms with Crippen LogP contribution < -0.4 is 0 Å². The van der Waals surface area contributed by atoms with Gasteiger partial charge in [0.1, 0.15) is 0 Å². The van der Waals surface area contributed by atoms with Gasteiger partial charge < -0.3 is 5.11 Å². The van der Waals surface area contributed by atoms with Crippen molar-refractivity contribution in [3.05, 3.63) is 18.0 Å². The summed E-state index contributed by atoms with van der Waals surface area (Å²) in [5.74, 6) is 0. The average Bonchev–Trinajstić information content (AvgIpc) is 2.73. The molecule has 3 heteroatoms. The van der Waals surface area contributed by atoms with Crippen LogP contribution in [-0.4, -0.2) is 21.5 Å². The first kappa shape index (κ1) is 12.2. The third kappa shape index (κ3) is 2.81. The Bertz CT molecular complexity index is 281. The van der Waals surface area contributed by atoms with Crippen LogP contribution >= 0.6 is 0 Å². The van der Waals surface area contributed by atoms with Gasteiger partial charge in [-0.3, -0.25) is 4.68 Å². The molecule has 0 spiro atoms. The smallest absolute Gasteiger partial charge is 0.0521 e. The molecular weight excluding hydrogens is 188 g/mol. The van der Waals surface area contributed by atoms with Crippen molar-refractivity contribution in [1.82, 2.24) is 9.78 Å². The Hall–Kier alpha value is -0.830. The number of nitrogens with zero attached hydrogens (tertiary/aromatic N) is 2. The molecule has 0 saturated heterocycles. The van der Waals surface area contributed by atoms with Crippen LogP contribution in [0.1, 0.15) is 39.2 Å². The lowest BCUT2D eigenvalue weighted by Crippen LogP contribution is -2.26. The highest BCUT2D eigenvalue weighted by Gasteiger charge is 2.25. The van der Waals surface area contributed by atoms with Crippen molar-refractivity contribution in [2.24, 2.45) is 5.41 Å². The first-order chi connectivity index (χ1) is 7.19. The molecule has 15 heavy (non-hydrogen) atoms. The van der Waals surface area contributed by atoms with Gasteiger partial charge in [-0.1, -0.05) is 13.8 Å². The van der Waals surface area contributed by atoms with Crippen LogP contribution in [-0.2, 0) is 13.0 Å². The Morgan fingerprint density at radius 3 is 2.40 bits per heavy atom. The molecule has 0 aliphatic rings. The van der Waals surface area contributed by atoms with E-state index in [9.17, 15) is 5.11 Å². The molecule has 0 aliphatic carbocycles. The van der Waals surface area contributed by atoms with Crippen molar-refractivity contribution in [3.63, 3.8) is 0 Å². The van der Waals surface area contributed by atoms with Crippen LogP contribution in [0, 0.1) is 5.41 Å². The second-order valence-electron chi connectivity index (χ2n) is 4.25. The van der Waals surface area contributed by atoms with E-state index < -0.39 is 0 Å². The summed E-state index contributed by atoms with van der Waals surface area (Å²) >= 11 is 0. The van der Waals surface area contributed by atoms with Crippen molar-refractivity contribution in [2.45, 2.75) is 46.6 Å².